The summed E-state index contributed by atoms with van der Waals surface area (Å²) in [6.45, 7) is 2.35. The van der Waals surface area contributed by atoms with Gasteiger partial charge in [-0.05, 0) is 17.7 Å². The Hall–Kier alpha value is -2.04. The molecule has 2 rings (SSSR count). The number of rotatable bonds is 3. The lowest BCUT2D eigenvalue weighted by atomic mass is 10.1. The number of benzene rings is 1. The molecule has 0 saturated heterocycles. The number of nitrogens with zero attached hydrogens (tertiary/aromatic N) is 1. The molecule has 0 fully saturated rings. The van der Waals surface area contributed by atoms with Gasteiger partial charge in [-0.1, -0.05) is 13.0 Å². The van der Waals surface area contributed by atoms with Crippen molar-refractivity contribution in [1.82, 2.24) is 5.32 Å². The van der Waals surface area contributed by atoms with Crippen LogP contribution in [-0.4, -0.2) is 25.5 Å². The molecule has 1 aliphatic heterocycles. The fraction of sp³-hybridized carbons (Fsp3) is 0.385. The van der Waals surface area contributed by atoms with E-state index < -0.39 is 0 Å². The van der Waals surface area contributed by atoms with Crippen molar-refractivity contribution < 1.29 is 14.3 Å². The third kappa shape index (κ3) is 2.45. The van der Waals surface area contributed by atoms with Crippen LogP contribution in [0.15, 0.2) is 18.2 Å². The van der Waals surface area contributed by atoms with E-state index in [0.717, 1.165) is 11.3 Å². The normalized spacial score (nSPS) is 13.9. The lowest BCUT2D eigenvalue weighted by Gasteiger charge is -2.26. The number of ether oxygens (including phenoxy) is 1. The summed E-state index contributed by atoms with van der Waals surface area (Å²) in [4.78, 5) is 24.3. The predicted molar refractivity (Wildman–Crippen MR) is 67.5 cm³/mol. The first-order valence-electron chi connectivity index (χ1n) is 5.90. The second-order valence-electron chi connectivity index (χ2n) is 4.17. The van der Waals surface area contributed by atoms with E-state index in [1.807, 2.05) is 25.1 Å². The van der Waals surface area contributed by atoms with Crippen LogP contribution in [0.2, 0.25) is 0 Å². The summed E-state index contributed by atoms with van der Waals surface area (Å²) in [7, 11) is 1.72. The monoisotopic (exact) mass is 248 g/mol. The Morgan fingerprint density at radius 3 is 3.00 bits per heavy atom. The van der Waals surface area contributed by atoms with Crippen LogP contribution in [0.1, 0.15) is 18.9 Å². The molecule has 0 aromatic heterocycles. The molecule has 1 aromatic rings. The molecule has 96 valence electrons. The number of anilines is 1. The highest BCUT2D eigenvalue weighted by atomic mass is 16.5. The molecule has 0 saturated carbocycles. The first-order chi connectivity index (χ1) is 8.61. The van der Waals surface area contributed by atoms with E-state index in [4.69, 9.17) is 4.74 Å². The molecule has 18 heavy (non-hydrogen) atoms. The van der Waals surface area contributed by atoms with Crippen molar-refractivity contribution in [3.8, 4) is 5.75 Å². The zero-order valence-electron chi connectivity index (χ0n) is 10.5. The molecule has 0 bridgehead atoms. The van der Waals surface area contributed by atoms with Crippen molar-refractivity contribution in [3.05, 3.63) is 23.8 Å². The van der Waals surface area contributed by atoms with Gasteiger partial charge in [-0.2, -0.15) is 0 Å². The van der Waals surface area contributed by atoms with E-state index in [1.165, 1.54) is 0 Å². The van der Waals surface area contributed by atoms with Crippen LogP contribution in [0.3, 0.4) is 0 Å². The van der Waals surface area contributed by atoms with Gasteiger partial charge in [0.2, 0.25) is 5.91 Å². The SMILES string of the molecule is CCC(=O)NCc1ccc2c(c1)N(C)C(=O)CO2. The molecule has 0 radical (unpaired) electrons. The van der Waals surface area contributed by atoms with Crippen LogP contribution in [-0.2, 0) is 16.1 Å². The summed E-state index contributed by atoms with van der Waals surface area (Å²) < 4.78 is 5.33. The molecule has 0 unspecified atom stereocenters. The standard InChI is InChI=1S/C13H16N2O3/c1-3-12(16)14-7-9-4-5-11-10(6-9)15(2)13(17)8-18-11/h4-6H,3,7-8H2,1-2H3,(H,14,16). The number of carbonyl (C=O) groups excluding carboxylic acids is 2. The minimum Gasteiger partial charge on any atom is -0.482 e. The number of hydrogen-bond acceptors (Lipinski definition) is 3. The molecule has 0 spiro atoms. The molecule has 1 aromatic carbocycles. The van der Waals surface area contributed by atoms with Crippen molar-refractivity contribution in [2.45, 2.75) is 19.9 Å². The third-order valence-electron chi connectivity index (χ3n) is 2.92. The molecule has 0 atom stereocenters. The fourth-order valence-electron chi connectivity index (χ4n) is 1.75. The molecule has 0 aliphatic carbocycles. The van der Waals surface area contributed by atoms with Crippen LogP contribution < -0.4 is 15.0 Å². The van der Waals surface area contributed by atoms with Gasteiger partial charge in [0.15, 0.2) is 6.61 Å². The zero-order valence-corrected chi connectivity index (χ0v) is 10.5. The van der Waals surface area contributed by atoms with Crippen molar-refractivity contribution in [1.29, 1.82) is 0 Å². The Kier molecular flexibility index (Phi) is 3.50. The van der Waals surface area contributed by atoms with E-state index in [1.54, 1.807) is 11.9 Å². The van der Waals surface area contributed by atoms with Gasteiger partial charge in [0.1, 0.15) is 5.75 Å². The molecule has 1 heterocycles. The summed E-state index contributed by atoms with van der Waals surface area (Å²) in [5, 5.41) is 2.80. The number of amides is 2. The Morgan fingerprint density at radius 1 is 1.50 bits per heavy atom. The smallest absolute Gasteiger partial charge is 0.264 e. The largest absolute Gasteiger partial charge is 0.482 e. The molecule has 5 heteroatoms. The summed E-state index contributed by atoms with van der Waals surface area (Å²) in [5.41, 5.74) is 1.69. The van der Waals surface area contributed by atoms with E-state index in [0.29, 0.717) is 18.7 Å². The maximum absolute atomic E-state index is 11.5. The van der Waals surface area contributed by atoms with Crippen LogP contribution >= 0.6 is 0 Å². The van der Waals surface area contributed by atoms with E-state index >= 15 is 0 Å². The van der Waals surface area contributed by atoms with Crippen LogP contribution in [0, 0.1) is 0 Å². The summed E-state index contributed by atoms with van der Waals surface area (Å²) >= 11 is 0. The summed E-state index contributed by atoms with van der Waals surface area (Å²) in [5.74, 6) is 0.633. The minimum absolute atomic E-state index is 0.00778. The van der Waals surface area contributed by atoms with Crippen molar-refractivity contribution in [2.24, 2.45) is 0 Å². The topological polar surface area (TPSA) is 58.6 Å². The Morgan fingerprint density at radius 2 is 2.28 bits per heavy atom. The minimum atomic E-state index is -0.0720. The summed E-state index contributed by atoms with van der Waals surface area (Å²) in [6, 6.07) is 5.58. The first kappa shape index (κ1) is 12.4. The van der Waals surface area contributed by atoms with Crippen LogP contribution in [0.4, 0.5) is 5.69 Å². The summed E-state index contributed by atoms with van der Waals surface area (Å²) in [6.07, 6.45) is 0.465. The second-order valence-corrected chi connectivity index (χ2v) is 4.17. The van der Waals surface area contributed by atoms with Gasteiger partial charge in [0, 0.05) is 20.0 Å². The number of hydrogen-bond donors (Lipinski definition) is 1. The maximum atomic E-state index is 11.5. The van der Waals surface area contributed by atoms with Crippen molar-refractivity contribution >= 4 is 17.5 Å². The molecule has 1 aliphatic rings. The highest BCUT2D eigenvalue weighted by molar-refractivity contribution is 5.97. The van der Waals surface area contributed by atoms with Crippen molar-refractivity contribution in [2.75, 3.05) is 18.6 Å². The predicted octanol–water partition coefficient (Wildman–Crippen LogP) is 1.07. The van der Waals surface area contributed by atoms with E-state index in [2.05, 4.69) is 5.32 Å². The molecule has 2 amide bonds. The molecular formula is C13H16N2O3. The van der Waals surface area contributed by atoms with Crippen LogP contribution in [0.5, 0.6) is 5.75 Å². The Bertz CT molecular complexity index is 485. The number of nitrogens with one attached hydrogen (secondary N) is 1. The van der Waals surface area contributed by atoms with E-state index in [9.17, 15) is 9.59 Å². The Balaban J connectivity index is 2.16. The quantitative estimate of drug-likeness (QED) is 0.870. The Labute approximate surface area is 106 Å². The lowest BCUT2D eigenvalue weighted by molar-refractivity contribution is -0.121. The fourth-order valence-corrected chi connectivity index (χ4v) is 1.75. The van der Waals surface area contributed by atoms with Gasteiger partial charge in [-0.3, -0.25) is 9.59 Å². The molecule has 5 nitrogen and oxygen atoms in total. The van der Waals surface area contributed by atoms with Crippen molar-refractivity contribution in [3.63, 3.8) is 0 Å². The first-order valence-corrected chi connectivity index (χ1v) is 5.90. The number of likely N-dealkylation sites (N-methyl/N-ethyl adjacent to an activating group) is 1. The maximum Gasteiger partial charge on any atom is 0.264 e. The zero-order chi connectivity index (χ0) is 13.1. The highest BCUT2D eigenvalue weighted by Crippen LogP contribution is 2.31. The average molecular weight is 248 g/mol. The van der Waals surface area contributed by atoms with Gasteiger partial charge in [0.05, 0.1) is 5.69 Å². The van der Waals surface area contributed by atoms with Gasteiger partial charge in [0.25, 0.3) is 5.91 Å². The van der Waals surface area contributed by atoms with Gasteiger partial charge in [-0.25, -0.2) is 0 Å². The van der Waals surface area contributed by atoms with Crippen LogP contribution in [0.25, 0.3) is 0 Å². The molecule has 1 N–H and O–H groups in total. The van der Waals surface area contributed by atoms with Gasteiger partial charge >= 0.3 is 0 Å². The average Bonchev–Trinajstić information content (AvgIpc) is 2.40. The van der Waals surface area contributed by atoms with Gasteiger partial charge < -0.3 is 15.0 Å². The highest BCUT2D eigenvalue weighted by Gasteiger charge is 2.22. The number of carbonyl (C=O) groups is 2. The number of fused-ring (bicyclic) bond motifs is 1. The second kappa shape index (κ2) is 5.08. The lowest BCUT2D eigenvalue weighted by Crippen LogP contribution is -2.35. The van der Waals surface area contributed by atoms with Gasteiger partial charge in [-0.15, -0.1) is 0 Å². The molecular weight excluding hydrogens is 232 g/mol. The van der Waals surface area contributed by atoms with E-state index in [-0.39, 0.29) is 18.4 Å². The third-order valence-corrected chi connectivity index (χ3v) is 2.92.